The lowest BCUT2D eigenvalue weighted by Crippen LogP contribution is -2.31. The summed E-state index contributed by atoms with van der Waals surface area (Å²) >= 11 is 0. The number of ether oxygens (including phenoxy) is 1. The molecule has 0 amide bonds. The average molecular weight is 227 g/mol. The van der Waals surface area contributed by atoms with Gasteiger partial charge in [0.2, 0.25) is 0 Å². The van der Waals surface area contributed by atoms with Gasteiger partial charge in [0.05, 0.1) is 12.6 Å². The Morgan fingerprint density at radius 2 is 2.38 bits per heavy atom. The fourth-order valence-corrected chi connectivity index (χ4v) is 2.20. The van der Waals surface area contributed by atoms with E-state index < -0.39 is 0 Å². The number of hydrogen-bond donors (Lipinski definition) is 1. The molecule has 1 saturated heterocycles. The third-order valence-corrected chi connectivity index (χ3v) is 3.08. The van der Waals surface area contributed by atoms with Gasteiger partial charge in [-0.05, 0) is 6.07 Å². The predicted octanol–water partition coefficient (Wildman–Crippen LogP) is 0.458. The summed E-state index contributed by atoms with van der Waals surface area (Å²) in [6.45, 7) is 3.29. The molecule has 0 aromatic carbocycles. The van der Waals surface area contributed by atoms with Crippen LogP contribution in [0.1, 0.15) is 6.04 Å². The van der Waals surface area contributed by atoms with Gasteiger partial charge in [0, 0.05) is 45.2 Å². The highest BCUT2D eigenvalue weighted by Crippen LogP contribution is 2.21. The Morgan fingerprint density at radius 3 is 3.00 bits per heavy atom. The maximum Gasteiger partial charge on any atom is 0.140 e. The number of halogens is 1. The third-order valence-electron chi connectivity index (χ3n) is 3.08. The molecule has 0 radical (unpaired) electrons. The van der Waals surface area contributed by atoms with E-state index in [1.165, 1.54) is 12.3 Å². The molecule has 1 aliphatic rings. The molecule has 16 heavy (non-hydrogen) atoms. The zero-order valence-electron chi connectivity index (χ0n) is 9.47. The van der Waals surface area contributed by atoms with Crippen LogP contribution in [0.25, 0.3) is 0 Å². The second-order valence-electron chi connectivity index (χ2n) is 4.26. The molecule has 4 nitrogen and oxygen atoms in total. The highest BCUT2D eigenvalue weighted by atomic mass is 19.1. The van der Waals surface area contributed by atoms with Crippen molar-refractivity contribution in [2.75, 3.05) is 33.4 Å². The van der Waals surface area contributed by atoms with Crippen LogP contribution in [0.4, 0.5) is 4.39 Å². The van der Waals surface area contributed by atoms with Gasteiger partial charge in [-0.3, -0.25) is 4.90 Å². The highest BCUT2D eigenvalue weighted by molar-refractivity contribution is 5.01. The van der Waals surface area contributed by atoms with Crippen LogP contribution in [0, 0.1) is 5.82 Å². The Kier molecular flexibility index (Phi) is 3.58. The van der Waals surface area contributed by atoms with Crippen LogP contribution < -0.4 is 5.73 Å². The van der Waals surface area contributed by atoms with E-state index in [9.17, 15) is 4.39 Å². The molecule has 0 spiro atoms. The molecule has 2 heterocycles. The number of nitrogens with zero attached hydrogens (tertiary/aromatic N) is 2. The van der Waals surface area contributed by atoms with E-state index in [1.54, 1.807) is 13.3 Å². The maximum absolute atomic E-state index is 12.9. The second kappa shape index (κ2) is 4.95. The van der Waals surface area contributed by atoms with E-state index in [4.69, 9.17) is 10.5 Å². The van der Waals surface area contributed by atoms with Crippen molar-refractivity contribution < 1.29 is 9.13 Å². The first kappa shape index (κ1) is 11.6. The van der Waals surface area contributed by atoms with E-state index in [-0.39, 0.29) is 17.9 Å². The van der Waals surface area contributed by atoms with Crippen LogP contribution in [-0.4, -0.2) is 48.9 Å². The van der Waals surface area contributed by atoms with Crippen LogP contribution in [0.3, 0.4) is 0 Å². The minimum absolute atomic E-state index is 0.0589. The molecular weight excluding hydrogens is 209 g/mol. The Labute approximate surface area is 94.8 Å². The fourth-order valence-electron chi connectivity index (χ4n) is 2.20. The Balaban J connectivity index is 1.97. The Morgan fingerprint density at radius 1 is 1.56 bits per heavy atom. The number of likely N-dealkylation sites (tertiary alicyclic amines) is 1. The largest absolute Gasteiger partial charge is 0.383 e. The number of aromatic nitrogens is 1. The molecule has 0 aliphatic carbocycles. The molecule has 0 bridgehead atoms. The molecular formula is C11H18FN3O. The van der Waals surface area contributed by atoms with Crippen LogP contribution in [0.2, 0.25) is 0 Å². The van der Waals surface area contributed by atoms with Crippen molar-refractivity contribution in [2.24, 2.45) is 5.73 Å². The molecule has 2 N–H and O–H groups in total. The van der Waals surface area contributed by atoms with Gasteiger partial charge in [-0.25, -0.2) is 4.39 Å². The van der Waals surface area contributed by atoms with Crippen molar-refractivity contribution in [2.45, 2.75) is 12.1 Å². The fraction of sp³-hybridized carbons (Fsp3) is 0.636. The third kappa shape index (κ3) is 2.42. The Hall–Kier alpha value is -0.910. The van der Waals surface area contributed by atoms with Crippen LogP contribution in [0.15, 0.2) is 18.5 Å². The van der Waals surface area contributed by atoms with Crippen molar-refractivity contribution in [1.29, 1.82) is 0 Å². The van der Waals surface area contributed by atoms with Gasteiger partial charge in [-0.1, -0.05) is 0 Å². The first-order valence-corrected chi connectivity index (χ1v) is 5.50. The van der Waals surface area contributed by atoms with E-state index in [0.29, 0.717) is 6.61 Å². The molecule has 1 unspecified atom stereocenters. The van der Waals surface area contributed by atoms with E-state index in [0.717, 1.165) is 19.6 Å². The summed E-state index contributed by atoms with van der Waals surface area (Å²) in [5.41, 5.74) is 6.06. The minimum atomic E-state index is -0.206. The zero-order chi connectivity index (χ0) is 11.5. The number of hydrogen-bond acceptors (Lipinski definition) is 3. The van der Waals surface area contributed by atoms with Gasteiger partial charge in [-0.2, -0.15) is 0 Å². The molecule has 90 valence electrons. The van der Waals surface area contributed by atoms with E-state index >= 15 is 0 Å². The van der Waals surface area contributed by atoms with Crippen LogP contribution in [0.5, 0.6) is 0 Å². The van der Waals surface area contributed by atoms with Gasteiger partial charge in [0.25, 0.3) is 0 Å². The van der Waals surface area contributed by atoms with Gasteiger partial charge >= 0.3 is 0 Å². The lowest BCUT2D eigenvalue weighted by atomic mass is 10.2. The van der Waals surface area contributed by atoms with Gasteiger partial charge in [-0.15, -0.1) is 0 Å². The quantitative estimate of drug-likeness (QED) is 0.812. The van der Waals surface area contributed by atoms with Crippen molar-refractivity contribution in [3.63, 3.8) is 0 Å². The molecule has 1 aromatic rings. The first-order valence-electron chi connectivity index (χ1n) is 5.50. The molecule has 0 saturated carbocycles. The average Bonchev–Trinajstić information content (AvgIpc) is 2.82. The summed E-state index contributed by atoms with van der Waals surface area (Å²) in [7, 11) is 1.69. The summed E-state index contributed by atoms with van der Waals surface area (Å²) < 4.78 is 19.8. The van der Waals surface area contributed by atoms with E-state index in [1.807, 2.05) is 4.57 Å². The molecule has 2 rings (SSSR count). The molecule has 2 atom stereocenters. The Bertz CT molecular complexity index is 342. The lowest BCUT2D eigenvalue weighted by molar-refractivity contribution is 0.158. The summed E-state index contributed by atoms with van der Waals surface area (Å²) in [4.78, 5) is 2.25. The maximum atomic E-state index is 12.9. The van der Waals surface area contributed by atoms with E-state index in [2.05, 4.69) is 4.90 Å². The van der Waals surface area contributed by atoms with Crippen molar-refractivity contribution in [1.82, 2.24) is 9.47 Å². The molecule has 5 heteroatoms. The first-order chi connectivity index (χ1) is 7.70. The number of nitrogens with two attached hydrogens (primary N) is 1. The van der Waals surface area contributed by atoms with Crippen molar-refractivity contribution >= 4 is 0 Å². The minimum Gasteiger partial charge on any atom is -0.383 e. The summed E-state index contributed by atoms with van der Waals surface area (Å²) in [5.74, 6) is -0.206. The topological polar surface area (TPSA) is 43.4 Å². The zero-order valence-corrected chi connectivity index (χ0v) is 9.47. The van der Waals surface area contributed by atoms with Crippen molar-refractivity contribution in [3.8, 4) is 0 Å². The second-order valence-corrected chi connectivity index (χ2v) is 4.26. The molecule has 1 aliphatic heterocycles. The summed E-state index contributed by atoms with van der Waals surface area (Å²) in [5, 5.41) is 0. The number of rotatable bonds is 4. The van der Waals surface area contributed by atoms with Crippen LogP contribution in [-0.2, 0) is 4.74 Å². The van der Waals surface area contributed by atoms with Gasteiger partial charge in [0.15, 0.2) is 0 Å². The predicted molar refractivity (Wildman–Crippen MR) is 59.7 cm³/mol. The lowest BCUT2D eigenvalue weighted by Gasteiger charge is -2.16. The number of methoxy groups -OCH3 is 1. The molecule has 1 fully saturated rings. The highest BCUT2D eigenvalue weighted by Gasteiger charge is 2.30. The SMILES string of the molecule is COCCN1CC(N)[C@H](n2ccc(F)c2)C1. The van der Waals surface area contributed by atoms with Gasteiger partial charge < -0.3 is 15.0 Å². The molecule has 1 aromatic heterocycles. The smallest absolute Gasteiger partial charge is 0.140 e. The van der Waals surface area contributed by atoms with Crippen LogP contribution >= 0.6 is 0 Å². The van der Waals surface area contributed by atoms with Crippen molar-refractivity contribution in [3.05, 3.63) is 24.3 Å². The standard InChI is InChI=1S/C11H18FN3O/c1-16-5-4-14-7-10(13)11(8-14)15-3-2-9(12)6-15/h2-3,6,10-11H,4-5,7-8,13H2,1H3/t10?,11-/m1/s1. The monoisotopic (exact) mass is 227 g/mol. The summed E-state index contributed by atoms with van der Waals surface area (Å²) in [6, 6.07) is 1.69. The van der Waals surface area contributed by atoms with Gasteiger partial charge in [0.1, 0.15) is 5.82 Å². The normalized spacial score (nSPS) is 26.4. The summed E-state index contributed by atoms with van der Waals surface area (Å²) in [6.07, 6.45) is 3.25.